The number of ether oxygens (including phenoxy) is 2. The van der Waals surface area contributed by atoms with Crippen LogP contribution in [0.25, 0.3) is 32.9 Å². The molecule has 6 nitrogen and oxygen atoms in total. The maximum atomic E-state index is 11.6. The molecule has 4 aromatic rings. The van der Waals surface area contributed by atoms with Gasteiger partial charge in [0.15, 0.2) is 17.1 Å². The normalized spacial score (nSPS) is 11.0. The Bertz CT molecular complexity index is 1160. The number of oxazole rings is 1. The van der Waals surface area contributed by atoms with E-state index in [0.29, 0.717) is 17.1 Å². The molecule has 0 atom stereocenters. The van der Waals surface area contributed by atoms with E-state index in [1.165, 1.54) is 4.57 Å². The van der Waals surface area contributed by atoms with Gasteiger partial charge in [-0.15, -0.1) is 11.3 Å². The van der Waals surface area contributed by atoms with Crippen molar-refractivity contribution in [2.45, 2.75) is 0 Å². The van der Waals surface area contributed by atoms with Crippen LogP contribution in [0, 0.1) is 0 Å². The second-order valence-electron chi connectivity index (χ2n) is 5.72. The van der Waals surface area contributed by atoms with Crippen LogP contribution in [0.2, 0.25) is 0 Å². The SMILES string of the molecule is COc1ccc(-c2nc(-c3ccc4oc(=O)n(C)c4c3)cs2)cc1OC. The Labute approximate surface area is 153 Å². The van der Waals surface area contributed by atoms with E-state index < -0.39 is 0 Å². The van der Waals surface area contributed by atoms with Crippen molar-refractivity contribution in [3.8, 4) is 33.3 Å². The first kappa shape index (κ1) is 16.4. The summed E-state index contributed by atoms with van der Waals surface area (Å²) in [6, 6.07) is 11.3. The molecule has 2 aromatic heterocycles. The van der Waals surface area contributed by atoms with Crippen LogP contribution in [0.15, 0.2) is 51.0 Å². The van der Waals surface area contributed by atoms with E-state index in [1.807, 2.05) is 35.7 Å². The van der Waals surface area contributed by atoms with E-state index in [2.05, 4.69) is 0 Å². The fourth-order valence-corrected chi connectivity index (χ4v) is 3.62. The van der Waals surface area contributed by atoms with Crippen LogP contribution < -0.4 is 15.2 Å². The first-order valence-corrected chi connectivity index (χ1v) is 8.76. The van der Waals surface area contributed by atoms with Crippen molar-refractivity contribution in [3.05, 3.63) is 52.3 Å². The number of benzene rings is 2. The molecule has 0 bridgehead atoms. The standard InChI is InChI=1S/C19H16N2O4S/c1-21-14-8-11(4-6-15(14)25-19(21)22)13-10-26-18(20-13)12-5-7-16(23-2)17(9-12)24-3/h4-10H,1-3H3. The summed E-state index contributed by atoms with van der Waals surface area (Å²) in [7, 11) is 4.91. The lowest BCUT2D eigenvalue weighted by molar-refractivity contribution is 0.355. The molecule has 7 heteroatoms. The van der Waals surface area contributed by atoms with Gasteiger partial charge in [-0.25, -0.2) is 9.78 Å². The van der Waals surface area contributed by atoms with E-state index in [-0.39, 0.29) is 5.76 Å². The van der Waals surface area contributed by atoms with Gasteiger partial charge in [-0.2, -0.15) is 0 Å². The van der Waals surface area contributed by atoms with Crippen molar-refractivity contribution in [1.29, 1.82) is 0 Å². The molecule has 0 aliphatic heterocycles. The Balaban J connectivity index is 1.74. The number of aryl methyl sites for hydroxylation is 1. The van der Waals surface area contributed by atoms with Gasteiger partial charge in [0.1, 0.15) is 5.01 Å². The molecule has 26 heavy (non-hydrogen) atoms. The summed E-state index contributed by atoms with van der Waals surface area (Å²) < 4.78 is 17.3. The Morgan fingerprint density at radius 1 is 1.04 bits per heavy atom. The smallest absolute Gasteiger partial charge is 0.419 e. The summed E-state index contributed by atoms with van der Waals surface area (Å²) in [4.78, 5) is 16.4. The van der Waals surface area contributed by atoms with Gasteiger partial charge in [-0.1, -0.05) is 0 Å². The Morgan fingerprint density at radius 3 is 2.58 bits per heavy atom. The van der Waals surface area contributed by atoms with Gasteiger partial charge in [0.05, 0.1) is 25.4 Å². The van der Waals surface area contributed by atoms with Crippen LogP contribution in [0.1, 0.15) is 0 Å². The number of nitrogens with zero attached hydrogens (tertiary/aromatic N) is 2. The average Bonchev–Trinajstić information content (AvgIpc) is 3.26. The number of hydrogen-bond donors (Lipinski definition) is 0. The maximum Gasteiger partial charge on any atom is 0.419 e. The first-order chi connectivity index (χ1) is 12.6. The van der Waals surface area contributed by atoms with E-state index >= 15 is 0 Å². The minimum Gasteiger partial charge on any atom is -0.493 e. The number of hydrogen-bond acceptors (Lipinski definition) is 6. The maximum absolute atomic E-state index is 11.6. The van der Waals surface area contributed by atoms with E-state index in [4.69, 9.17) is 18.9 Å². The second-order valence-corrected chi connectivity index (χ2v) is 6.58. The van der Waals surface area contributed by atoms with Crippen molar-refractivity contribution >= 4 is 22.4 Å². The highest BCUT2D eigenvalue weighted by molar-refractivity contribution is 7.13. The van der Waals surface area contributed by atoms with Gasteiger partial charge in [-0.05, 0) is 36.4 Å². The summed E-state index contributed by atoms with van der Waals surface area (Å²) in [6.45, 7) is 0. The molecule has 0 N–H and O–H groups in total. The summed E-state index contributed by atoms with van der Waals surface area (Å²) in [6.07, 6.45) is 0. The predicted molar refractivity (Wildman–Crippen MR) is 101 cm³/mol. The molecule has 0 aliphatic carbocycles. The molecule has 0 saturated carbocycles. The Hall–Kier alpha value is -3.06. The zero-order chi connectivity index (χ0) is 18.3. The van der Waals surface area contributed by atoms with Crippen molar-refractivity contribution in [2.75, 3.05) is 14.2 Å². The van der Waals surface area contributed by atoms with Gasteiger partial charge >= 0.3 is 5.76 Å². The molecular formula is C19H16N2O4S. The number of thiazole rings is 1. The lowest BCUT2D eigenvalue weighted by Gasteiger charge is -2.08. The fourth-order valence-electron chi connectivity index (χ4n) is 2.79. The van der Waals surface area contributed by atoms with Crippen molar-refractivity contribution in [2.24, 2.45) is 7.05 Å². The van der Waals surface area contributed by atoms with Crippen LogP contribution in [-0.4, -0.2) is 23.8 Å². The minimum atomic E-state index is -0.374. The molecule has 132 valence electrons. The van der Waals surface area contributed by atoms with Crippen LogP contribution in [0.5, 0.6) is 11.5 Å². The number of methoxy groups -OCH3 is 2. The molecule has 4 rings (SSSR count). The highest BCUT2D eigenvalue weighted by Gasteiger charge is 2.12. The third-order valence-corrected chi connectivity index (χ3v) is 5.11. The van der Waals surface area contributed by atoms with Gasteiger partial charge in [0.2, 0.25) is 0 Å². The quantitative estimate of drug-likeness (QED) is 0.546. The molecule has 0 spiro atoms. The van der Waals surface area contributed by atoms with Crippen molar-refractivity contribution in [3.63, 3.8) is 0 Å². The topological polar surface area (TPSA) is 66.5 Å². The molecule has 0 unspecified atom stereocenters. The third kappa shape index (κ3) is 2.66. The highest BCUT2D eigenvalue weighted by atomic mass is 32.1. The van der Waals surface area contributed by atoms with Gasteiger partial charge < -0.3 is 13.9 Å². The van der Waals surface area contributed by atoms with Crippen LogP contribution in [0.3, 0.4) is 0 Å². The van der Waals surface area contributed by atoms with E-state index in [1.54, 1.807) is 38.7 Å². The molecule has 2 heterocycles. The van der Waals surface area contributed by atoms with Gasteiger partial charge in [0, 0.05) is 23.6 Å². The lowest BCUT2D eigenvalue weighted by Crippen LogP contribution is -2.08. The summed E-state index contributed by atoms with van der Waals surface area (Å²) >= 11 is 1.55. The zero-order valence-electron chi connectivity index (χ0n) is 14.5. The largest absolute Gasteiger partial charge is 0.493 e. The molecule has 0 fully saturated rings. The minimum absolute atomic E-state index is 0.374. The van der Waals surface area contributed by atoms with Crippen LogP contribution in [-0.2, 0) is 7.05 Å². The Kier molecular flexibility index (Phi) is 4.00. The van der Waals surface area contributed by atoms with Gasteiger partial charge in [0.25, 0.3) is 0 Å². The number of aromatic nitrogens is 2. The third-order valence-electron chi connectivity index (χ3n) is 4.22. The van der Waals surface area contributed by atoms with Crippen LogP contribution in [0.4, 0.5) is 0 Å². The highest BCUT2D eigenvalue weighted by Crippen LogP contribution is 2.35. The Morgan fingerprint density at radius 2 is 1.81 bits per heavy atom. The second kappa shape index (κ2) is 6.34. The van der Waals surface area contributed by atoms with Crippen molar-refractivity contribution in [1.82, 2.24) is 9.55 Å². The van der Waals surface area contributed by atoms with E-state index in [0.717, 1.165) is 27.3 Å². The molecule has 0 aliphatic rings. The molecule has 0 saturated heterocycles. The van der Waals surface area contributed by atoms with Gasteiger partial charge in [-0.3, -0.25) is 4.57 Å². The molecular weight excluding hydrogens is 352 g/mol. The number of rotatable bonds is 4. The first-order valence-electron chi connectivity index (χ1n) is 7.88. The van der Waals surface area contributed by atoms with Crippen LogP contribution >= 0.6 is 11.3 Å². The molecule has 2 aromatic carbocycles. The fraction of sp³-hybridized carbons (Fsp3) is 0.158. The molecule has 0 amide bonds. The average molecular weight is 368 g/mol. The lowest BCUT2D eigenvalue weighted by atomic mass is 10.1. The zero-order valence-corrected chi connectivity index (χ0v) is 15.3. The monoisotopic (exact) mass is 368 g/mol. The number of fused-ring (bicyclic) bond motifs is 1. The summed E-state index contributed by atoms with van der Waals surface area (Å²) in [5.74, 6) is 0.970. The van der Waals surface area contributed by atoms with Crippen molar-refractivity contribution < 1.29 is 13.9 Å². The molecule has 0 radical (unpaired) electrons. The predicted octanol–water partition coefficient (Wildman–Crippen LogP) is 3.94. The summed E-state index contributed by atoms with van der Waals surface area (Å²) in [5, 5.41) is 2.87. The summed E-state index contributed by atoms with van der Waals surface area (Å²) in [5.41, 5.74) is 4.03. The van der Waals surface area contributed by atoms with E-state index in [9.17, 15) is 4.79 Å².